The molecule has 1 heterocycles. The van der Waals surface area contributed by atoms with E-state index in [1.807, 2.05) is 0 Å². The molecule has 0 spiro atoms. The lowest BCUT2D eigenvalue weighted by Crippen LogP contribution is -2.44. The van der Waals surface area contributed by atoms with Crippen LogP contribution in [0.2, 0.25) is 0 Å². The molecule has 0 radical (unpaired) electrons. The predicted molar refractivity (Wildman–Crippen MR) is 50.2 cm³/mol. The topological polar surface area (TPSA) is 49.4 Å². The minimum Gasteiger partial charge on any atom is -0.272 e. The molecule has 0 aromatic heterocycles. The van der Waals surface area contributed by atoms with Crippen LogP contribution in [-0.4, -0.2) is 26.9 Å². The number of nitrogens with zero attached hydrogens (tertiary/aromatic N) is 1. The summed E-state index contributed by atoms with van der Waals surface area (Å²) in [6.45, 7) is 3.25. The van der Waals surface area contributed by atoms with E-state index in [1.165, 1.54) is 11.8 Å². The normalized spacial score (nSPS) is 16.5. The van der Waals surface area contributed by atoms with Crippen molar-refractivity contribution in [1.82, 2.24) is 10.4 Å². The molecule has 1 rings (SSSR count). The molecule has 64 valence electrons. The predicted octanol–water partition coefficient (Wildman–Crippen LogP) is 0.0639. The lowest BCUT2D eigenvalue weighted by atomic mass is 10.6. The molecule has 0 aromatic carbocycles. The second kappa shape index (κ2) is 3.68. The molecule has 2 amide bonds. The SMILES string of the molecule is C=CC(=O)NN1C(=O)CSC1=S. The van der Waals surface area contributed by atoms with Gasteiger partial charge in [0, 0.05) is 0 Å². The summed E-state index contributed by atoms with van der Waals surface area (Å²) in [6, 6.07) is 0. The minimum atomic E-state index is -0.437. The van der Waals surface area contributed by atoms with Crippen LogP contribution in [0.3, 0.4) is 0 Å². The van der Waals surface area contributed by atoms with E-state index >= 15 is 0 Å². The van der Waals surface area contributed by atoms with Gasteiger partial charge >= 0.3 is 0 Å². The summed E-state index contributed by atoms with van der Waals surface area (Å²) in [6.07, 6.45) is 1.08. The molecule has 1 N–H and O–H groups in total. The fourth-order valence-electron chi connectivity index (χ4n) is 0.618. The molecular formula is C6H6N2O2S2. The molecular weight excluding hydrogens is 196 g/mol. The summed E-state index contributed by atoms with van der Waals surface area (Å²) in [5.74, 6) is -0.357. The first-order valence-corrected chi connectivity index (χ1v) is 4.47. The second-order valence-electron chi connectivity index (χ2n) is 1.96. The number of nitrogens with one attached hydrogen (secondary N) is 1. The van der Waals surface area contributed by atoms with Gasteiger partial charge in [0.1, 0.15) is 0 Å². The van der Waals surface area contributed by atoms with Gasteiger partial charge in [0.05, 0.1) is 5.75 Å². The summed E-state index contributed by atoms with van der Waals surface area (Å²) in [7, 11) is 0. The first-order valence-electron chi connectivity index (χ1n) is 3.08. The first kappa shape index (κ1) is 9.21. The lowest BCUT2D eigenvalue weighted by molar-refractivity contribution is -0.132. The Morgan fingerprint density at radius 3 is 2.92 bits per heavy atom. The van der Waals surface area contributed by atoms with Crippen LogP contribution >= 0.6 is 24.0 Å². The fourth-order valence-corrected chi connectivity index (χ4v) is 1.60. The standard InChI is InChI=1S/C6H6N2O2S2/c1-2-4(9)7-8-5(10)3-12-6(8)11/h2H,1,3H2,(H,7,9). The number of carbonyl (C=O) groups excluding carboxylic acids is 2. The van der Waals surface area contributed by atoms with Crippen molar-refractivity contribution in [1.29, 1.82) is 0 Å². The van der Waals surface area contributed by atoms with E-state index in [9.17, 15) is 9.59 Å². The van der Waals surface area contributed by atoms with Crippen molar-refractivity contribution < 1.29 is 9.59 Å². The molecule has 0 bridgehead atoms. The van der Waals surface area contributed by atoms with Gasteiger partial charge in [0.15, 0.2) is 4.32 Å². The van der Waals surface area contributed by atoms with E-state index in [-0.39, 0.29) is 11.7 Å². The van der Waals surface area contributed by atoms with Crippen LogP contribution in [0.25, 0.3) is 0 Å². The highest BCUT2D eigenvalue weighted by molar-refractivity contribution is 8.23. The van der Waals surface area contributed by atoms with Gasteiger partial charge in [-0.05, 0) is 6.08 Å². The number of hydrazine groups is 1. The third-order valence-corrected chi connectivity index (χ3v) is 2.52. The molecule has 0 atom stereocenters. The maximum atomic E-state index is 11.0. The highest BCUT2D eigenvalue weighted by Crippen LogP contribution is 2.16. The number of hydrogen-bond donors (Lipinski definition) is 1. The van der Waals surface area contributed by atoms with Crippen molar-refractivity contribution in [3.8, 4) is 0 Å². The van der Waals surface area contributed by atoms with Crippen molar-refractivity contribution in [2.24, 2.45) is 0 Å². The summed E-state index contributed by atoms with van der Waals surface area (Å²) in [4.78, 5) is 21.8. The Bertz CT molecular complexity index is 248. The van der Waals surface area contributed by atoms with Gasteiger partial charge < -0.3 is 0 Å². The summed E-state index contributed by atoms with van der Waals surface area (Å²) < 4.78 is 0.371. The molecule has 0 saturated carbocycles. The van der Waals surface area contributed by atoms with Gasteiger partial charge in [0.2, 0.25) is 0 Å². The molecule has 0 aliphatic carbocycles. The molecule has 1 aliphatic rings. The number of hydrogen-bond acceptors (Lipinski definition) is 4. The van der Waals surface area contributed by atoms with Crippen LogP contribution in [0.1, 0.15) is 0 Å². The zero-order valence-corrected chi connectivity index (χ0v) is 7.70. The van der Waals surface area contributed by atoms with Crippen molar-refractivity contribution in [3.63, 3.8) is 0 Å². The molecule has 4 nitrogen and oxygen atoms in total. The van der Waals surface area contributed by atoms with Gasteiger partial charge in [0.25, 0.3) is 11.8 Å². The van der Waals surface area contributed by atoms with Crippen molar-refractivity contribution in [2.45, 2.75) is 0 Å². The molecule has 0 aromatic rings. The van der Waals surface area contributed by atoms with Crippen molar-refractivity contribution >= 4 is 40.1 Å². The highest BCUT2D eigenvalue weighted by Gasteiger charge is 2.27. The molecule has 0 unspecified atom stereocenters. The molecule has 6 heteroatoms. The van der Waals surface area contributed by atoms with Gasteiger partial charge in [-0.3, -0.25) is 15.0 Å². The van der Waals surface area contributed by atoms with E-state index in [2.05, 4.69) is 12.0 Å². The quantitative estimate of drug-likeness (QED) is 0.508. The molecule has 12 heavy (non-hydrogen) atoms. The van der Waals surface area contributed by atoms with Crippen molar-refractivity contribution in [2.75, 3.05) is 5.75 Å². The van der Waals surface area contributed by atoms with E-state index in [1.54, 1.807) is 0 Å². The van der Waals surface area contributed by atoms with E-state index in [0.717, 1.165) is 11.1 Å². The van der Waals surface area contributed by atoms with Crippen molar-refractivity contribution in [3.05, 3.63) is 12.7 Å². The Morgan fingerprint density at radius 1 is 1.83 bits per heavy atom. The van der Waals surface area contributed by atoms with E-state index in [4.69, 9.17) is 12.2 Å². The van der Waals surface area contributed by atoms with Gasteiger partial charge in [-0.25, -0.2) is 5.01 Å². The largest absolute Gasteiger partial charge is 0.272 e. The lowest BCUT2D eigenvalue weighted by Gasteiger charge is -2.13. The average molecular weight is 202 g/mol. The van der Waals surface area contributed by atoms with Gasteiger partial charge in [-0.15, -0.1) is 0 Å². The maximum absolute atomic E-state index is 11.0. The maximum Gasteiger partial charge on any atom is 0.262 e. The zero-order chi connectivity index (χ0) is 9.14. The Morgan fingerprint density at radius 2 is 2.50 bits per heavy atom. The highest BCUT2D eigenvalue weighted by atomic mass is 32.2. The molecule has 1 fully saturated rings. The molecule has 1 saturated heterocycles. The van der Waals surface area contributed by atoms with Gasteiger partial charge in [-0.2, -0.15) is 0 Å². The number of rotatable bonds is 2. The average Bonchev–Trinajstić information content (AvgIpc) is 2.35. The number of amides is 2. The second-order valence-corrected chi connectivity index (χ2v) is 3.57. The third-order valence-electron chi connectivity index (χ3n) is 1.16. The van der Waals surface area contributed by atoms with Crippen LogP contribution < -0.4 is 5.43 Å². The van der Waals surface area contributed by atoms with Crippen LogP contribution in [0.5, 0.6) is 0 Å². The Hall–Kier alpha value is -0.880. The smallest absolute Gasteiger partial charge is 0.262 e. The van der Waals surface area contributed by atoms with Gasteiger partial charge in [-0.1, -0.05) is 30.6 Å². The number of carbonyl (C=O) groups is 2. The number of thiocarbonyl (C=S) groups is 1. The van der Waals surface area contributed by atoms with Crippen LogP contribution in [0, 0.1) is 0 Å². The number of thioether (sulfide) groups is 1. The van der Waals surface area contributed by atoms with Crippen LogP contribution in [0.15, 0.2) is 12.7 Å². The Labute approximate surface area is 79.0 Å². The fraction of sp³-hybridized carbons (Fsp3) is 0.167. The minimum absolute atomic E-state index is 0.208. The summed E-state index contributed by atoms with van der Waals surface area (Å²) >= 11 is 6.03. The monoisotopic (exact) mass is 202 g/mol. The zero-order valence-electron chi connectivity index (χ0n) is 6.07. The first-order chi connectivity index (χ1) is 5.65. The Balaban J connectivity index is 2.61. The van der Waals surface area contributed by atoms with Crippen LogP contribution in [-0.2, 0) is 9.59 Å². The summed E-state index contributed by atoms with van der Waals surface area (Å²) in [5.41, 5.74) is 2.29. The van der Waals surface area contributed by atoms with E-state index in [0.29, 0.717) is 4.32 Å². The third kappa shape index (κ3) is 1.83. The Kier molecular flexibility index (Phi) is 2.83. The van der Waals surface area contributed by atoms with Crippen LogP contribution in [0.4, 0.5) is 0 Å². The van der Waals surface area contributed by atoms with E-state index < -0.39 is 5.91 Å². The summed E-state index contributed by atoms with van der Waals surface area (Å²) in [5, 5.41) is 1.06. The molecule has 1 aliphatic heterocycles.